The van der Waals surface area contributed by atoms with Gasteiger partial charge in [-0.05, 0) is 83.4 Å². The Bertz CT molecular complexity index is 3710. The third-order valence-corrected chi connectivity index (χ3v) is 8.87. The molecule has 1 heterocycles. The molecule has 10 rings (SSSR count). The Labute approximate surface area is 308 Å². The van der Waals surface area contributed by atoms with Crippen molar-refractivity contribution in [2.45, 2.75) is 0 Å². The average molecular weight is 640 g/mol. The number of para-hydroxylation sites is 1. The molecule has 0 saturated heterocycles. The molecule has 1 nitrogen and oxygen atoms in total. The van der Waals surface area contributed by atoms with E-state index < -0.39 is 147 Å². The van der Waals surface area contributed by atoms with E-state index in [1.807, 2.05) is 66.7 Å². The van der Waals surface area contributed by atoms with Crippen molar-refractivity contribution in [3.8, 4) is 44.5 Å². The van der Waals surface area contributed by atoms with Gasteiger partial charge in [0.15, 0.2) is 0 Å². The number of hydrogen-bond donors (Lipinski definition) is 0. The molecule has 0 spiro atoms. The molecular formula is C48H30O. The zero-order chi connectivity index (χ0) is 47.1. The van der Waals surface area contributed by atoms with Crippen LogP contribution < -0.4 is 0 Å². The topological polar surface area (TPSA) is 13.1 Å². The second-order valence-electron chi connectivity index (χ2n) is 11.5. The van der Waals surface area contributed by atoms with E-state index in [0.29, 0.717) is 11.0 Å². The lowest BCUT2D eigenvalue weighted by Crippen LogP contribution is -1.90. The van der Waals surface area contributed by atoms with Crippen LogP contribution in [0, 0.1) is 0 Å². The van der Waals surface area contributed by atoms with E-state index in [-0.39, 0.29) is 16.7 Å². The molecule has 1 aromatic heterocycles. The molecule has 0 fully saturated rings. The second kappa shape index (κ2) is 11.1. The lowest BCUT2D eigenvalue weighted by molar-refractivity contribution is 0.670. The minimum Gasteiger partial charge on any atom is -0.455 e. The van der Waals surface area contributed by atoms with Gasteiger partial charge in [-0.3, -0.25) is 0 Å². The smallest absolute Gasteiger partial charge is 0.143 e. The van der Waals surface area contributed by atoms with E-state index >= 15 is 0 Å². The van der Waals surface area contributed by atoms with Gasteiger partial charge in [-0.25, -0.2) is 0 Å². The van der Waals surface area contributed by atoms with Crippen LogP contribution in [0.2, 0.25) is 0 Å². The maximum atomic E-state index is 9.59. The summed E-state index contributed by atoms with van der Waals surface area (Å²) in [5.74, 6) is 0. The molecule has 0 atom stereocenters. The maximum Gasteiger partial charge on any atom is 0.143 e. The van der Waals surface area contributed by atoms with Crippen LogP contribution in [0.4, 0.5) is 0 Å². The van der Waals surface area contributed by atoms with Gasteiger partial charge < -0.3 is 4.42 Å². The Hall–Kier alpha value is -6.44. The summed E-state index contributed by atoms with van der Waals surface area (Å²) in [6.07, 6.45) is 0. The van der Waals surface area contributed by atoms with Crippen molar-refractivity contribution in [3.63, 3.8) is 0 Å². The molecule has 228 valence electrons. The maximum absolute atomic E-state index is 9.59. The Morgan fingerprint density at radius 3 is 1.63 bits per heavy atom. The predicted octanol–water partition coefficient (Wildman–Crippen LogP) is 13.7. The third-order valence-electron chi connectivity index (χ3n) is 8.87. The minimum atomic E-state index is -0.828. The molecule has 0 radical (unpaired) electrons. The SMILES string of the molecule is [2H]c1c([2H])c([2H])c(-c2c3c([2H])c([2H])c([2H])c([2H])c3c(-c3c([2H])c([2H])c(-c4cccc5c4oc4cc(-c6cccc7ccccc67)ccc45)c([2H])c3[2H])c3c([2H])c([2H])c([2H])c([2H])c23)c([2H])c1[2H]. The summed E-state index contributed by atoms with van der Waals surface area (Å²) in [4.78, 5) is 0. The first kappa shape index (κ1) is 15.6. The normalized spacial score (nSPS) is 16.5. The van der Waals surface area contributed by atoms with Crippen LogP contribution in [0.3, 0.4) is 0 Å². The van der Waals surface area contributed by atoms with Crippen LogP contribution in [0.1, 0.15) is 23.3 Å². The van der Waals surface area contributed by atoms with Crippen molar-refractivity contribution in [2.75, 3.05) is 0 Å². The molecular weight excluding hydrogens is 593 g/mol. The molecule has 0 N–H and O–H groups in total. The first-order valence-electron chi connectivity index (χ1n) is 24.0. The summed E-state index contributed by atoms with van der Waals surface area (Å²) in [6, 6.07) is 11.6. The highest BCUT2D eigenvalue weighted by Gasteiger charge is 2.18. The molecule has 0 bridgehead atoms. The van der Waals surface area contributed by atoms with E-state index in [2.05, 4.69) is 0 Å². The lowest BCUT2D eigenvalue weighted by atomic mass is 9.85. The van der Waals surface area contributed by atoms with Gasteiger partial charge in [0.1, 0.15) is 11.2 Å². The molecule has 10 aromatic rings. The van der Waals surface area contributed by atoms with Crippen molar-refractivity contribution >= 4 is 54.3 Å². The van der Waals surface area contributed by atoms with Crippen LogP contribution in [-0.2, 0) is 0 Å². The van der Waals surface area contributed by atoms with Crippen LogP contribution in [-0.4, -0.2) is 0 Å². The molecule has 1 heteroatoms. The summed E-state index contributed by atoms with van der Waals surface area (Å²) in [5, 5.41) is 1.36. The highest BCUT2D eigenvalue weighted by atomic mass is 16.3. The summed E-state index contributed by atoms with van der Waals surface area (Å²) >= 11 is 0. The quantitative estimate of drug-likeness (QED) is 0.175. The fourth-order valence-corrected chi connectivity index (χ4v) is 6.71. The number of fused-ring (bicyclic) bond motifs is 6. The van der Waals surface area contributed by atoms with Crippen molar-refractivity contribution in [1.29, 1.82) is 0 Å². The van der Waals surface area contributed by atoms with Crippen LogP contribution in [0.15, 0.2) is 186 Å². The fourth-order valence-electron chi connectivity index (χ4n) is 6.71. The van der Waals surface area contributed by atoms with Crippen LogP contribution >= 0.6 is 0 Å². The van der Waals surface area contributed by atoms with Crippen molar-refractivity contribution in [3.05, 3.63) is 182 Å². The van der Waals surface area contributed by atoms with E-state index in [1.54, 1.807) is 12.1 Å². The van der Waals surface area contributed by atoms with Crippen molar-refractivity contribution < 1.29 is 27.7 Å². The molecule has 0 amide bonds. The lowest BCUT2D eigenvalue weighted by Gasteiger charge is -2.18. The standard InChI is InChI=1S/C48H30O/c1-2-13-33(14-3-1)46-40-17-6-8-19-42(40)47(43-20-9-7-18-41(43)46)34-26-24-32(25-27-34)38-22-11-23-44-39-29-28-35(30-45(39)49-48(38)44)37-21-10-15-31-12-4-5-16-36(31)37/h1-30H/i1D,2D,3D,6D,7D,8D,9D,13D,14D,17D,18D,19D,20D,24D,25D,26D,27D. The van der Waals surface area contributed by atoms with Crippen molar-refractivity contribution in [1.82, 2.24) is 0 Å². The highest BCUT2D eigenvalue weighted by Crippen LogP contribution is 2.44. The van der Waals surface area contributed by atoms with E-state index in [4.69, 9.17) is 16.8 Å². The fraction of sp³-hybridized carbons (Fsp3) is 0. The van der Waals surface area contributed by atoms with E-state index in [0.717, 1.165) is 27.3 Å². The number of furan rings is 1. The molecule has 0 unspecified atom stereocenters. The second-order valence-corrected chi connectivity index (χ2v) is 11.5. The van der Waals surface area contributed by atoms with E-state index in [1.165, 1.54) is 0 Å². The Balaban J connectivity index is 1.31. The van der Waals surface area contributed by atoms with Crippen LogP contribution in [0.25, 0.3) is 98.8 Å². The van der Waals surface area contributed by atoms with Crippen LogP contribution in [0.5, 0.6) is 0 Å². The third kappa shape index (κ3) is 4.40. The Kier molecular flexibility index (Phi) is 3.54. The molecule has 0 aliphatic carbocycles. The van der Waals surface area contributed by atoms with Gasteiger partial charge in [-0.1, -0.05) is 169 Å². The molecule has 9 aromatic carbocycles. The molecule has 0 aliphatic rings. The van der Waals surface area contributed by atoms with Gasteiger partial charge in [-0.15, -0.1) is 0 Å². The predicted molar refractivity (Wildman–Crippen MR) is 208 cm³/mol. The van der Waals surface area contributed by atoms with Gasteiger partial charge in [0.2, 0.25) is 0 Å². The number of rotatable bonds is 4. The minimum absolute atomic E-state index is 0.180. The zero-order valence-corrected chi connectivity index (χ0v) is 25.4. The molecule has 49 heavy (non-hydrogen) atoms. The molecule has 0 saturated carbocycles. The van der Waals surface area contributed by atoms with Crippen molar-refractivity contribution in [2.24, 2.45) is 0 Å². The summed E-state index contributed by atoms with van der Waals surface area (Å²) in [5.41, 5.74) is 0.429. The molecule has 0 aliphatic heterocycles. The first-order valence-corrected chi connectivity index (χ1v) is 15.5. The van der Waals surface area contributed by atoms with Gasteiger partial charge in [0.05, 0.1) is 23.3 Å². The highest BCUT2D eigenvalue weighted by molar-refractivity contribution is 6.21. The van der Waals surface area contributed by atoms with Gasteiger partial charge >= 0.3 is 0 Å². The summed E-state index contributed by atoms with van der Waals surface area (Å²) < 4.78 is 159. The largest absolute Gasteiger partial charge is 0.455 e. The Morgan fingerprint density at radius 1 is 0.367 bits per heavy atom. The Morgan fingerprint density at radius 2 is 0.918 bits per heavy atom. The van der Waals surface area contributed by atoms with E-state index in [9.17, 15) is 11.0 Å². The monoisotopic (exact) mass is 639 g/mol. The summed E-state index contributed by atoms with van der Waals surface area (Å²) in [6.45, 7) is 0. The zero-order valence-electron chi connectivity index (χ0n) is 42.4. The van der Waals surface area contributed by atoms with Gasteiger partial charge in [0.25, 0.3) is 0 Å². The number of hydrogen-bond acceptors (Lipinski definition) is 1. The first-order chi connectivity index (χ1) is 31.4. The number of benzene rings is 9. The van der Waals surface area contributed by atoms with Gasteiger partial charge in [0, 0.05) is 16.3 Å². The average Bonchev–Trinajstić information content (AvgIpc) is 3.70. The summed E-state index contributed by atoms with van der Waals surface area (Å²) in [7, 11) is 0. The van der Waals surface area contributed by atoms with Gasteiger partial charge in [-0.2, -0.15) is 0 Å².